The highest BCUT2D eigenvalue weighted by Crippen LogP contribution is 2.59. The first-order chi connectivity index (χ1) is 15.1. The summed E-state index contributed by atoms with van der Waals surface area (Å²) in [4.78, 5) is 29.7. The molecule has 2 bridgehead atoms. The lowest BCUT2D eigenvalue weighted by Gasteiger charge is -2.36. The van der Waals surface area contributed by atoms with E-state index in [1.165, 1.54) is 18.4 Å². The van der Waals surface area contributed by atoms with E-state index in [2.05, 4.69) is 48.7 Å². The molecule has 2 saturated carbocycles. The normalized spacial score (nSPS) is 37.2. The standard InChI is InChI=1S/C26H32N2O3/c1-16-10-12-17(13-11-16)21-20-14-15-26(31-20)22(21)25(30)28(19-8-4-5-9-19)23(26)24(29)27-18-6-2-3-7-18/h10-15,18-23H,2-9H2,1H3,(H,27,29)/t20-,21-,22+,23-,26-/m1/s1. The van der Waals surface area contributed by atoms with E-state index in [0.29, 0.717) is 0 Å². The molecule has 3 heterocycles. The summed E-state index contributed by atoms with van der Waals surface area (Å²) in [7, 11) is 0. The van der Waals surface area contributed by atoms with Gasteiger partial charge in [0.15, 0.2) is 0 Å². The Morgan fingerprint density at radius 3 is 2.45 bits per heavy atom. The molecule has 1 aromatic rings. The van der Waals surface area contributed by atoms with Crippen LogP contribution in [0.5, 0.6) is 0 Å². The Kier molecular flexibility index (Phi) is 4.53. The van der Waals surface area contributed by atoms with E-state index in [4.69, 9.17) is 4.74 Å². The molecule has 164 valence electrons. The molecule has 6 rings (SSSR count). The summed E-state index contributed by atoms with van der Waals surface area (Å²) in [6, 6.07) is 8.31. The van der Waals surface area contributed by atoms with Gasteiger partial charge in [-0.05, 0) is 38.2 Å². The van der Waals surface area contributed by atoms with Gasteiger partial charge >= 0.3 is 0 Å². The zero-order valence-electron chi connectivity index (χ0n) is 18.3. The number of hydrogen-bond donors (Lipinski definition) is 1. The molecule has 1 N–H and O–H groups in total. The first-order valence-corrected chi connectivity index (χ1v) is 12.1. The lowest BCUT2D eigenvalue weighted by molar-refractivity contribution is -0.142. The third-order valence-electron chi connectivity index (χ3n) is 8.44. The molecule has 4 fully saturated rings. The lowest BCUT2D eigenvalue weighted by atomic mass is 9.72. The van der Waals surface area contributed by atoms with Crippen LogP contribution in [-0.2, 0) is 14.3 Å². The van der Waals surface area contributed by atoms with Crippen LogP contribution in [0, 0.1) is 12.8 Å². The topological polar surface area (TPSA) is 58.6 Å². The third kappa shape index (κ3) is 2.85. The summed E-state index contributed by atoms with van der Waals surface area (Å²) in [5, 5.41) is 3.30. The number of nitrogens with one attached hydrogen (secondary N) is 1. The van der Waals surface area contributed by atoms with Gasteiger partial charge in [-0.1, -0.05) is 67.7 Å². The molecule has 1 aromatic carbocycles. The molecular weight excluding hydrogens is 388 g/mol. The number of rotatable bonds is 4. The molecule has 5 aliphatic rings. The summed E-state index contributed by atoms with van der Waals surface area (Å²) in [6.45, 7) is 2.08. The molecule has 2 amide bonds. The van der Waals surface area contributed by atoms with Crippen LogP contribution < -0.4 is 5.32 Å². The van der Waals surface area contributed by atoms with E-state index in [-0.39, 0.29) is 41.8 Å². The SMILES string of the molecule is Cc1ccc([C@H]2[C@H]3C(=O)N(C4CCCC4)[C@H](C(=O)NC4CCCC4)[C@@]34C=C[C@H]2O4)cc1. The molecule has 0 unspecified atom stereocenters. The van der Waals surface area contributed by atoms with Gasteiger partial charge in [0.1, 0.15) is 11.6 Å². The van der Waals surface area contributed by atoms with Gasteiger partial charge in [-0.25, -0.2) is 0 Å². The van der Waals surface area contributed by atoms with Crippen LogP contribution in [0.25, 0.3) is 0 Å². The number of ether oxygens (including phenoxy) is 1. The summed E-state index contributed by atoms with van der Waals surface area (Å²) in [6.07, 6.45) is 12.7. The highest BCUT2D eigenvalue weighted by Gasteiger charge is 2.72. The van der Waals surface area contributed by atoms with Gasteiger partial charge in [-0.3, -0.25) is 9.59 Å². The minimum absolute atomic E-state index is 0.00972. The third-order valence-corrected chi connectivity index (χ3v) is 8.44. The average molecular weight is 421 g/mol. The number of carbonyl (C=O) groups is 2. The molecular formula is C26H32N2O3. The zero-order valence-corrected chi connectivity index (χ0v) is 18.3. The maximum Gasteiger partial charge on any atom is 0.246 e. The predicted octanol–water partition coefficient (Wildman–Crippen LogP) is 3.61. The van der Waals surface area contributed by atoms with Crippen molar-refractivity contribution in [1.82, 2.24) is 10.2 Å². The van der Waals surface area contributed by atoms with Crippen molar-refractivity contribution in [3.05, 3.63) is 47.5 Å². The fourth-order valence-corrected chi connectivity index (χ4v) is 7.00. The van der Waals surface area contributed by atoms with Crippen LogP contribution in [0.1, 0.15) is 68.4 Å². The maximum atomic E-state index is 14.0. The number of likely N-dealkylation sites (tertiary alicyclic amines) is 1. The van der Waals surface area contributed by atoms with Gasteiger partial charge in [-0.2, -0.15) is 0 Å². The second kappa shape index (κ2) is 7.19. The summed E-state index contributed by atoms with van der Waals surface area (Å²) in [5.41, 5.74) is 1.52. The van der Waals surface area contributed by atoms with Crippen LogP contribution in [-0.4, -0.2) is 46.5 Å². The smallest absolute Gasteiger partial charge is 0.246 e. The van der Waals surface area contributed by atoms with E-state index in [9.17, 15) is 9.59 Å². The van der Waals surface area contributed by atoms with E-state index in [0.717, 1.165) is 44.1 Å². The first kappa shape index (κ1) is 19.5. The number of carbonyl (C=O) groups excluding carboxylic acids is 2. The molecule has 31 heavy (non-hydrogen) atoms. The monoisotopic (exact) mass is 420 g/mol. The first-order valence-electron chi connectivity index (χ1n) is 12.1. The number of fused-ring (bicyclic) bond motifs is 1. The van der Waals surface area contributed by atoms with E-state index < -0.39 is 11.6 Å². The summed E-state index contributed by atoms with van der Waals surface area (Å²) in [5.74, 6) is -0.225. The van der Waals surface area contributed by atoms with Crippen LogP contribution in [0.2, 0.25) is 0 Å². The van der Waals surface area contributed by atoms with Crippen LogP contribution in [0.15, 0.2) is 36.4 Å². The average Bonchev–Trinajstić information content (AvgIpc) is 3.57. The summed E-state index contributed by atoms with van der Waals surface area (Å²) >= 11 is 0. The Balaban J connectivity index is 1.39. The van der Waals surface area contributed by atoms with Gasteiger partial charge in [-0.15, -0.1) is 0 Å². The molecule has 0 radical (unpaired) electrons. The second-order valence-electron chi connectivity index (χ2n) is 10.3. The van der Waals surface area contributed by atoms with Crippen molar-refractivity contribution >= 4 is 11.8 Å². The Morgan fingerprint density at radius 2 is 1.74 bits per heavy atom. The van der Waals surface area contributed by atoms with E-state index in [1.54, 1.807) is 0 Å². The maximum absolute atomic E-state index is 14.0. The molecule has 5 nitrogen and oxygen atoms in total. The van der Waals surface area contributed by atoms with Crippen molar-refractivity contribution in [3.63, 3.8) is 0 Å². The molecule has 3 aliphatic heterocycles. The highest BCUT2D eigenvalue weighted by atomic mass is 16.5. The number of aryl methyl sites for hydroxylation is 1. The molecule has 1 spiro atoms. The Morgan fingerprint density at radius 1 is 1.06 bits per heavy atom. The van der Waals surface area contributed by atoms with Crippen molar-refractivity contribution in [2.75, 3.05) is 0 Å². The van der Waals surface area contributed by atoms with Crippen molar-refractivity contribution in [2.45, 2.75) is 94.0 Å². The number of amides is 2. The van der Waals surface area contributed by atoms with Crippen LogP contribution in [0.3, 0.4) is 0 Å². The molecule has 5 atom stereocenters. The molecule has 2 aliphatic carbocycles. The van der Waals surface area contributed by atoms with Gasteiger partial charge in [0.2, 0.25) is 11.8 Å². The van der Waals surface area contributed by atoms with Crippen molar-refractivity contribution in [3.8, 4) is 0 Å². The number of nitrogens with zero attached hydrogens (tertiary/aromatic N) is 1. The predicted molar refractivity (Wildman–Crippen MR) is 117 cm³/mol. The van der Waals surface area contributed by atoms with Crippen LogP contribution in [0.4, 0.5) is 0 Å². The van der Waals surface area contributed by atoms with Crippen molar-refractivity contribution in [1.29, 1.82) is 0 Å². The molecule has 0 aromatic heterocycles. The largest absolute Gasteiger partial charge is 0.359 e. The van der Waals surface area contributed by atoms with Crippen molar-refractivity contribution in [2.24, 2.45) is 5.92 Å². The highest BCUT2D eigenvalue weighted by molar-refractivity contribution is 5.97. The number of benzene rings is 1. The van der Waals surface area contributed by atoms with Gasteiger partial charge in [0.25, 0.3) is 0 Å². The minimum atomic E-state index is -0.831. The number of hydrogen-bond acceptors (Lipinski definition) is 3. The van der Waals surface area contributed by atoms with Gasteiger partial charge in [0.05, 0.1) is 12.0 Å². The second-order valence-corrected chi connectivity index (χ2v) is 10.3. The van der Waals surface area contributed by atoms with Crippen LogP contribution >= 0.6 is 0 Å². The fourth-order valence-electron chi connectivity index (χ4n) is 7.00. The Labute approximate surface area is 184 Å². The Hall–Kier alpha value is -2.14. The Bertz CT molecular complexity index is 913. The van der Waals surface area contributed by atoms with E-state index in [1.807, 2.05) is 4.90 Å². The minimum Gasteiger partial charge on any atom is -0.359 e. The zero-order chi connectivity index (χ0) is 21.2. The molecule has 2 saturated heterocycles. The van der Waals surface area contributed by atoms with Crippen molar-refractivity contribution < 1.29 is 14.3 Å². The van der Waals surface area contributed by atoms with Gasteiger partial charge in [0, 0.05) is 18.0 Å². The van der Waals surface area contributed by atoms with Gasteiger partial charge < -0.3 is 15.0 Å². The fraction of sp³-hybridized carbons (Fsp3) is 0.615. The molecule has 5 heteroatoms. The summed E-state index contributed by atoms with van der Waals surface area (Å²) < 4.78 is 6.61. The quantitative estimate of drug-likeness (QED) is 0.757. The van der Waals surface area contributed by atoms with E-state index >= 15 is 0 Å². The lowest BCUT2D eigenvalue weighted by Crippen LogP contribution is -2.57.